The molecule has 1 saturated heterocycles. The van der Waals surface area contributed by atoms with Gasteiger partial charge in [0, 0.05) is 30.5 Å². The summed E-state index contributed by atoms with van der Waals surface area (Å²) in [5.41, 5.74) is 1.81. The van der Waals surface area contributed by atoms with Crippen molar-refractivity contribution in [3.8, 4) is 11.5 Å². The monoisotopic (exact) mass is 463 g/mol. The van der Waals surface area contributed by atoms with E-state index >= 15 is 0 Å². The molecule has 34 heavy (non-hydrogen) atoms. The number of ether oxygens (including phenoxy) is 2. The van der Waals surface area contributed by atoms with Gasteiger partial charge in [-0.05, 0) is 48.5 Å². The summed E-state index contributed by atoms with van der Waals surface area (Å²) < 4.78 is 11.7. The average Bonchev–Trinajstić information content (AvgIpc) is 3.45. The number of carbonyl (C=O) groups excluding carboxylic acids is 3. The van der Waals surface area contributed by atoms with E-state index in [0.717, 1.165) is 5.69 Å². The van der Waals surface area contributed by atoms with Gasteiger partial charge in [0.1, 0.15) is 18.0 Å². The highest BCUT2D eigenvalue weighted by atomic mass is 16.5. The van der Waals surface area contributed by atoms with E-state index in [4.69, 9.17) is 9.47 Å². The highest BCUT2D eigenvalue weighted by molar-refractivity contribution is 6.03. The van der Waals surface area contributed by atoms with Crippen molar-refractivity contribution in [1.82, 2.24) is 9.78 Å². The van der Waals surface area contributed by atoms with Crippen molar-refractivity contribution in [3.05, 3.63) is 60.9 Å². The number of carbonyl (C=O) groups is 3. The Balaban J connectivity index is 1.30. The molecule has 0 saturated carbocycles. The molecule has 1 fully saturated rings. The van der Waals surface area contributed by atoms with Gasteiger partial charge in [-0.3, -0.25) is 19.1 Å². The van der Waals surface area contributed by atoms with Crippen LogP contribution in [0.5, 0.6) is 11.5 Å². The molecule has 2 N–H and O–H groups in total. The van der Waals surface area contributed by atoms with Gasteiger partial charge in [-0.15, -0.1) is 0 Å². The molecule has 1 aliphatic rings. The Bertz CT molecular complexity index is 1170. The summed E-state index contributed by atoms with van der Waals surface area (Å²) in [5, 5.41) is 9.69. The van der Waals surface area contributed by atoms with Crippen LogP contribution in [0.1, 0.15) is 6.42 Å². The first-order valence-corrected chi connectivity index (χ1v) is 10.7. The fraction of sp³-hybridized carbons (Fsp3) is 0.250. The first-order chi connectivity index (χ1) is 16.4. The molecule has 1 aromatic heterocycles. The van der Waals surface area contributed by atoms with Crippen LogP contribution in [0.4, 0.5) is 17.1 Å². The minimum atomic E-state index is -0.490. The van der Waals surface area contributed by atoms with Crippen LogP contribution < -0.4 is 25.0 Å². The second-order valence-corrected chi connectivity index (χ2v) is 7.80. The van der Waals surface area contributed by atoms with E-state index < -0.39 is 5.92 Å². The maximum Gasteiger partial charge on any atom is 0.246 e. The van der Waals surface area contributed by atoms with Crippen molar-refractivity contribution in [1.29, 1.82) is 0 Å². The van der Waals surface area contributed by atoms with Crippen LogP contribution in [0.15, 0.2) is 60.9 Å². The van der Waals surface area contributed by atoms with E-state index in [1.165, 1.54) is 10.9 Å². The maximum absolute atomic E-state index is 12.7. The third-order valence-corrected chi connectivity index (χ3v) is 5.46. The molecule has 1 unspecified atom stereocenters. The predicted molar refractivity (Wildman–Crippen MR) is 126 cm³/mol. The normalized spacial score (nSPS) is 15.2. The van der Waals surface area contributed by atoms with E-state index in [9.17, 15) is 14.4 Å². The molecule has 0 aliphatic carbocycles. The largest absolute Gasteiger partial charge is 0.497 e. The second kappa shape index (κ2) is 10.1. The Morgan fingerprint density at radius 1 is 0.971 bits per heavy atom. The number of nitrogens with zero attached hydrogens (tertiary/aromatic N) is 3. The minimum absolute atomic E-state index is 0.0188. The van der Waals surface area contributed by atoms with Gasteiger partial charge in [0.25, 0.3) is 0 Å². The number of rotatable bonds is 8. The Kier molecular flexibility index (Phi) is 6.77. The average molecular weight is 463 g/mol. The zero-order valence-electron chi connectivity index (χ0n) is 18.9. The molecule has 10 heteroatoms. The summed E-state index contributed by atoms with van der Waals surface area (Å²) in [6.45, 7) is 0.268. The van der Waals surface area contributed by atoms with Crippen molar-refractivity contribution >= 4 is 34.8 Å². The minimum Gasteiger partial charge on any atom is -0.497 e. The van der Waals surface area contributed by atoms with E-state index in [1.807, 2.05) is 0 Å². The molecule has 1 aliphatic heterocycles. The molecular weight excluding hydrogens is 438 g/mol. The van der Waals surface area contributed by atoms with E-state index in [2.05, 4.69) is 15.7 Å². The molecule has 3 aromatic rings. The number of hydrogen-bond donors (Lipinski definition) is 2. The van der Waals surface area contributed by atoms with Crippen LogP contribution in [-0.2, 0) is 20.9 Å². The van der Waals surface area contributed by atoms with Gasteiger partial charge in [0.2, 0.25) is 17.7 Å². The van der Waals surface area contributed by atoms with Crippen molar-refractivity contribution in [2.75, 3.05) is 36.3 Å². The lowest BCUT2D eigenvalue weighted by Crippen LogP contribution is -2.28. The third kappa shape index (κ3) is 5.34. The number of benzene rings is 2. The van der Waals surface area contributed by atoms with Crippen LogP contribution in [0, 0.1) is 5.92 Å². The second-order valence-electron chi connectivity index (χ2n) is 7.80. The lowest BCUT2D eigenvalue weighted by atomic mass is 10.1. The first-order valence-electron chi connectivity index (χ1n) is 10.7. The fourth-order valence-electron chi connectivity index (χ4n) is 3.68. The molecule has 0 radical (unpaired) electrons. The fourth-order valence-corrected chi connectivity index (χ4v) is 3.68. The third-order valence-electron chi connectivity index (χ3n) is 5.46. The maximum atomic E-state index is 12.7. The van der Waals surface area contributed by atoms with E-state index in [-0.39, 0.29) is 37.2 Å². The molecule has 10 nitrogen and oxygen atoms in total. The Labute approximate surface area is 196 Å². The van der Waals surface area contributed by atoms with Gasteiger partial charge in [-0.1, -0.05) is 0 Å². The summed E-state index contributed by atoms with van der Waals surface area (Å²) in [5.74, 6) is 0.253. The van der Waals surface area contributed by atoms with E-state index in [1.54, 1.807) is 73.8 Å². The number of methoxy groups -OCH3 is 2. The smallest absolute Gasteiger partial charge is 0.246 e. The first kappa shape index (κ1) is 22.8. The highest BCUT2D eigenvalue weighted by Crippen LogP contribution is 2.27. The lowest BCUT2D eigenvalue weighted by molar-refractivity contribution is -0.122. The zero-order chi connectivity index (χ0) is 24.1. The van der Waals surface area contributed by atoms with Gasteiger partial charge in [0.15, 0.2) is 0 Å². The quantitative estimate of drug-likeness (QED) is 0.531. The molecule has 2 aromatic carbocycles. The topological polar surface area (TPSA) is 115 Å². The van der Waals surface area contributed by atoms with Crippen molar-refractivity contribution < 1.29 is 23.9 Å². The van der Waals surface area contributed by atoms with Crippen molar-refractivity contribution in [2.24, 2.45) is 5.92 Å². The summed E-state index contributed by atoms with van der Waals surface area (Å²) in [4.78, 5) is 39.1. The van der Waals surface area contributed by atoms with Crippen LogP contribution in [0.25, 0.3) is 0 Å². The SMILES string of the molecule is COc1ccc(NC(=O)Cn2cc(NC(=O)C3CC(=O)N(c4ccc(OC)cc4)C3)cn2)cc1. The molecule has 0 spiro atoms. The van der Waals surface area contributed by atoms with Crippen molar-refractivity contribution in [3.63, 3.8) is 0 Å². The summed E-state index contributed by atoms with van der Waals surface area (Å²) in [7, 11) is 3.15. The number of aromatic nitrogens is 2. The van der Waals surface area contributed by atoms with Crippen LogP contribution in [0.3, 0.4) is 0 Å². The Morgan fingerprint density at radius 3 is 2.26 bits per heavy atom. The standard InChI is InChI=1S/C24H25N5O5/c1-33-20-7-3-17(4-8-20)26-22(30)15-28-14-18(12-25-28)27-24(32)16-11-23(31)29(13-16)19-5-9-21(34-2)10-6-19/h3-10,12,14,16H,11,13,15H2,1-2H3,(H,26,30)(H,27,32). The van der Waals surface area contributed by atoms with Gasteiger partial charge < -0.3 is 25.0 Å². The van der Waals surface area contributed by atoms with Gasteiger partial charge in [-0.25, -0.2) is 0 Å². The number of nitrogens with one attached hydrogen (secondary N) is 2. The summed E-state index contributed by atoms with van der Waals surface area (Å²) >= 11 is 0. The highest BCUT2D eigenvalue weighted by Gasteiger charge is 2.35. The van der Waals surface area contributed by atoms with Gasteiger partial charge >= 0.3 is 0 Å². The molecule has 0 bridgehead atoms. The van der Waals surface area contributed by atoms with Crippen molar-refractivity contribution in [2.45, 2.75) is 13.0 Å². The number of hydrogen-bond acceptors (Lipinski definition) is 6. The zero-order valence-corrected chi connectivity index (χ0v) is 18.9. The number of anilines is 3. The van der Waals surface area contributed by atoms with Crippen LogP contribution in [-0.4, -0.2) is 48.3 Å². The molecule has 1 atom stereocenters. The van der Waals surface area contributed by atoms with E-state index in [0.29, 0.717) is 22.9 Å². The molecule has 176 valence electrons. The summed E-state index contributed by atoms with van der Waals surface area (Å²) in [6.07, 6.45) is 3.16. The van der Waals surface area contributed by atoms with Gasteiger partial charge in [-0.2, -0.15) is 5.10 Å². The molecule has 2 heterocycles. The molecule has 3 amide bonds. The Hall–Kier alpha value is -4.34. The number of amides is 3. The predicted octanol–water partition coefficient (Wildman–Crippen LogP) is 2.53. The Morgan fingerprint density at radius 2 is 1.62 bits per heavy atom. The summed E-state index contributed by atoms with van der Waals surface area (Å²) in [6, 6.07) is 14.1. The van der Waals surface area contributed by atoms with Crippen LogP contribution >= 0.6 is 0 Å². The molecular formula is C24H25N5O5. The van der Waals surface area contributed by atoms with Gasteiger partial charge in [0.05, 0.1) is 32.0 Å². The molecule has 4 rings (SSSR count). The lowest BCUT2D eigenvalue weighted by Gasteiger charge is -2.17. The van der Waals surface area contributed by atoms with Crippen LogP contribution in [0.2, 0.25) is 0 Å².